The van der Waals surface area contributed by atoms with Gasteiger partial charge in [0, 0.05) is 21.5 Å². The summed E-state index contributed by atoms with van der Waals surface area (Å²) in [6.45, 7) is 12.7. The van der Waals surface area contributed by atoms with E-state index in [4.69, 9.17) is 9.47 Å². The predicted molar refractivity (Wildman–Crippen MR) is 125 cm³/mol. The van der Waals surface area contributed by atoms with Gasteiger partial charge in [-0.15, -0.1) is 0 Å². The first-order valence-corrected chi connectivity index (χ1v) is 11.2. The highest BCUT2D eigenvalue weighted by Crippen LogP contribution is 2.43. The molecular formula is C27H36O2. The lowest BCUT2D eigenvalue weighted by atomic mass is 9.99. The summed E-state index contributed by atoms with van der Waals surface area (Å²) in [4.78, 5) is 0. The van der Waals surface area contributed by atoms with E-state index in [0.29, 0.717) is 11.8 Å². The lowest BCUT2D eigenvalue weighted by molar-refractivity contribution is 0.299. The predicted octanol–water partition coefficient (Wildman–Crippen LogP) is 7.93. The number of rotatable bonds is 10. The van der Waals surface area contributed by atoms with Crippen molar-refractivity contribution in [1.82, 2.24) is 0 Å². The lowest BCUT2D eigenvalue weighted by Crippen LogP contribution is -2.04. The fourth-order valence-electron chi connectivity index (χ4n) is 3.86. The van der Waals surface area contributed by atoms with Crippen LogP contribution in [0.5, 0.6) is 11.5 Å². The van der Waals surface area contributed by atoms with E-state index in [1.54, 1.807) is 0 Å². The van der Waals surface area contributed by atoms with Gasteiger partial charge in [-0.3, -0.25) is 0 Å². The Morgan fingerprint density at radius 2 is 1.14 bits per heavy atom. The van der Waals surface area contributed by atoms with Crippen molar-refractivity contribution in [2.45, 2.75) is 60.3 Å². The molecule has 0 aliphatic heterocycles. The standard InChI is InChI=1S/C27H36O2/c1-19(2)10-8-16-28-26-22-12-6-7-13-23(22)27(29-17-9-11-20(3)4)25-18-21(5)14-15-24(25)26/h6-7,12-15,18-20H,8-11,16-17H2,1-5H3. The van der Waals surface area contributed by atoms with Crippen LogP contribution in [0, 0.1) is 18.8 Å². The van der Waals surface area contributed by atoms with Crippen LogP contribution in [0.2, 0.25) is 0 Å². The van der Waals surface area contributed by atoms with Gasteiger partial charge < -0.3 is 9.47 Å². The first kappa shape index (κ1) is 21.5. The zero-order valence-corrected chi connectivity index (χ0v) is 18.8. The van der Waals surface area contributed by atoms with Gasteiger partial charge in [0.25, 0.3) is 0 Å². The SMILES string of the molecule is Cc1ccc2c(OCCCC(C)C)c3ccccc3c(OCCCC(C)C)c2c1. The highest BCUT2D eigenvalue weighted by molar-refractivity contribution is 6.11. The highest BCUT2D eigenvalue weighted by Gasteiger charge is 2.16. The summed E-state index contributed by atoms with van der Waals surface area (Å²) in [5, 5.41) is 4.60. The van der Waals surface area contributed by atoms with Crippen molar-refractivity contribution in [3.05, 3.63) is 48.0 Å². The van der Waals surface area contributed by atoms with E-state index in [2.05, 4.69) is 77.1 Å². The zero-order chi connectivity index (χ0) is 20.8. The third kappa shape index (κ3) is 5.44. The van der Waals surface area contributed by atoms with Crippen LogP contribution in [0.4, 0.5) is 0 Å². The summed E-state index contributed by atoms with van der Waals surface area (Å²) in [7, 11) is 0. The van der Waals surface area contributed by atoms with Crippen molar-refractivity contribution < 1.29 is 9.47 Å². The fourth-order valence-corrected chi connectivity index (χ4v) is 3.86. The van der Waals surface area contributed by atoms with Gasteiger partial charge >= 0.3 is 0 Å². The summed E-state index contributed by atoms with van der Waals surface area (Å²) in [5.41, 5.74) is 1.24. The highest BCUT2D eigenvalue weighted by atomic mass is 16.5. The molecule has 0 saturated carbocycles. The van der Waals surface area contributed by atoms with Gasteiger partial charge in [0.2, 0.25) is 0 Å². The molecule has 0 aliphatic rings. The van der Waals surface area contributed by atoms with Gasteiger partial charge in [0.05, 0.1) is 13.2 Å². The Kier molecular flexibility index (Phi) is 7.41. The molecule has 0 bridgehead atoms. The Bertz CT molecular complexity index is 940. The Labute approximate surface area is 176 Å². The molecule has 0 fully saturated rings. The van der Waals surface area contributed by atoms with E-state index in [-0.39, 0.29) is 0 Å². The average Bonchev–Trinajstić information content (AvgIpc) is 2.68. The van der Waals surface area contributed by atoms with Crippen LogP contribution < -0.4 is 9.47 Å². The van der Waals surface area contributed by atoms with Gasteiger partial charge in [0.15, 0.2) is 0 Å². The monoisotopic (exact) mass is 392 g/mol. The molecule has 0 heterocycles. The zero-order valence-electron chi connectivity index (χ0n) is 18.8. The molecule has 0 saturated heterocycles. The first-order valence-electron chi connectivity index (χ1n) is 11.2. The molecule has 29 heavy (non-hydrogen) atoms. The Morgan fingerprint density at radius 1 is 0.655 bits per heavy atom. The summed E-state index contributed by atoms with van der Waals surface area (Å²) in [5.74, 6) is 3.40. The number of benzene rings is 3. The minimum absolute atomic E-state index is 0.705. The molecule has 2 heteroatoms. The molecule has 3 aromatic carbocycles. The van der Waals surface area contributed by atoms with Gasteiger partial charge in [-0.05, 0) is 50.5 Å². The summed E-state index contributed by atoms with van der Waals surface area (Å²) in [6.07, 6.45) is 4.53. The maximum Gasteiger partial charge on any atom is 0.135 e. The number of ether oxygens (including phenoxy) is 2. The molecule has 0 atom stereocenters. The van der Waals surface area contributed by atoms with Crippen molar-refractivity contribution in [2.75, 3.05) is 13.2 Å². The molecule has 3 aromatic rings. The molecular weight excluding hydrogens is 356 g/mol. The smallest absolute Gasteiger partial charge is 0.135 e. The van der Waals surface area contributed by atoms with Crippen LogP contribution in [0.25, 0.3) is 21.5 Å². The maximum atomic E-state index is 6.39. The molecule has 0 aromatic heterocycles. The van der Waals surface area contributed by atoms with Crippen LogP contribution >= 0.6 is 0 Å². The second-order valence-corrected chi connectivity index (χ2v) is 9.02. The van der Waals surface area contributed by atoms with Crippen molar-refractivity contribution in [3.8, 4) is 11.5 Å². The minimum Gasteiger partial charge on any atom is -0.492 e. The molecule has 0 spiro atoms. The van der Waals surface area contributed by atoms with Crippen molar-refractivity contribution in [1.29, 1.82) is 0 Å². The second kappa shape index (κ2) is 10.0. The van der Waals surface area contributed by atoms with Crippen molar-refractivity contribution >= 4 is 21.5 Å². The van der Waals surface area contributed by atoms with Gasteiger partial charge in [-0.1, -0.05) is 69.7 Å². The van der Waals surface area contributed by atoms with Crippen LogP contribution in [-0.4, -0.2) is 13.2 Å². The lowest BCUT2D eigenvalue weighted by Gasteiger charge is -2.18. The normalized spacial score (nSPS) is 11.7. The van der Waals surface area contributed by atoms with Crippen LogP contribution in [0.15, 0.2) is 42.5 Å². The molecule has 0 aliphatic carbocycles. The third-order valence-electron chi connectivity index (χ3n) is 5.43. The first-order chi connectivity index (χ1) is 14.0. The summed E-state index contributed by atoms with van der Waals surface area (Å²) in [6, 6.07) is 15.1. The quantitative estimate of drug-likeness (QED) is 0.257. The largest absolute Gasteiger partial charge is 0.492 e. The molecule has 0 unspecified atom stereocenters. The topological polar surface area (TPSA) is 18.5 Å². The number of hydrogen-bond acceptors (Lipinski definition) is 2. The Balaban J connectivity index is 2.01. The van der Waals surface area contributed by atoms with E-state index < -0.39 is 0 Å². The number of fused-ring (bicyclic) bond motifs is 2. The molecule has 156 valence electrons. The summed E-state index contributed by atoms with van der Waals surface area (Å²) >= 11 is 0. The molecule has 0 radical (unpaired) electrons. The van der Waals surface area contributed by atoms with E-state index >= 15 is 0 Å². The third-order valence-corrected chi connectivity index (χ3v) is 5.43. The molecule has 0 amide bonds. The van der Waals surface area contributed by atoms with E-state index in [9.17, 15) is 0 Å². The van der Waals surface area contributed by atoms with Crippen molar-refractivity contribution in [2.24, 2.45) is 11.8 Å². The Hall–Kier alpha value is -2.22. The minimum atomic E-state index is 0.705. The van der Waals surface area contributed by atoms with Gasteiger partial charge in [-0.2, -0.15) is 0 Å². The van der Waals surface area contributed by atoms with E-state index in [0.717, 1.165) is 59.1 Å². The van der Waals surface area contributed by atoms with E-state index in [1.165, 1.54) is 18.4 Å². The number of aryl methyl sites for hydroxylation is 1. The van der Waals surface area contributed by atoms with E-state index in [1.807, 2.05) is 0 Å². The van der Waals surface area contributed by atoms with Crippen LogP contribution in [-0.2, 0) is 0 Å². The molecule has 0 N–H and O–H groups in total. The van der Waals surface area contributed by atoms with Crippen LogP contribution in [0.3, 0.4) is 0 Å². The number of hydrogen-bond donors (Lipinski definition) is 0. The average molecular weight is 393 g/mol. The summed E-state index contributed by atoms with van der Waals surface area (Å²) < 4.78 is 12.8. The Morgan fingerprint density at radius 3 is 1.66 bits per heavy atom. The van der Waals surface area contributed by atoms with Gasteiger partial charge in [-0.25, -0.2) is 0 Å². The van der Waals surface area contributed by atoms with Gasteiger partial charge in [0.1, 0.15) is 11.5 Å². The molecule has 2 nitrogen and oxygen atoms in total. The molecule has 3 rings (SSSR count). The van der Waals surface area contributed by atoms with Crippen molar-refractivity contribution in [3.63, 3.8) is 0 Å². The second-order valence-electron chi connectivity index (χ2n) is 9.02. The fraction of sp³-hybridized carbons (Fsp3) is 0.481. The maximum absolute atomic E-state index is 6.39. The van der Waals surface area contributed by atoms with Crippen LogP contribution in [0.1, 0.15) is 58.9 Å².